The van der Waals surface area contributed by atoms with Crippen LogP contribution in [0.1, 0.15) is 32.4 Å². The highest BCUT2D eigenvalue weighted by Gasteiger charge is 2.29. The first-order valence-corrected chi connectivity index (χ1v) is 12.7. The largest absolute Gasteiger partial charge is 0.497 e. The summed E-state index contributed by atoms with van der Waals surface area (Å²) in [7, 11) is 1.64. The van der Waals surface area contributed by atoms with E-state index in [0.717, 1.165) is 28.4 Å². The van der Waals surface area contributed by atoms with Crippen LogP contribution in [0.25, 0.3) is 11.3 Å². The second-order valence-electron chi connectivity index (χ2n) is 9.58. The molecule has 1 saturated heterocycles. The maximum Gasteiger partial charge on any atom is 0.242 e. The Morgan fingerprint density at radius 2 is 1.57 bits per heavy atom. The van der Waals surface area contributed by atoms with Gasteiger partial charge < -0.3 is 19.4 Å². The minimum atomic E-state index is -0.185. The quantitative estimate of drug-likeness (QED) is 0.464. The van der Waals surface area contributed by atoms with Gasteiger partial charge in [0.15, 0.2) is 5.82 Å². The van der Waals surface area contributed by atoms with Crippen molar-refractivity contribution in [2.45, 2.75) is 26.8 Å². The number of amides is 2. The van der Waals surface area contributed by atoms with Crippen LogP contribution in [0.2, 0.25) is 0 Å². The van der Waals surface area contributed by atoms with Crippen LogP contribution in [0.4, 0.5) is 5.82 Å². The number of carbonyl (C=O) groups is 2. The van der Waals surface area contributed by atoms with E-state index in [1.54, 1.807) is 12.0 Å². The molecule has 0 aliphatic carbocycles. The molecule has 1 aliphatic rings. The molecule has 0 radical (unpaired) electrons. The zero-order chi connectivity index (χ0) is 26.4. The van der Waals surface area contributed by atoms with Crippen LogP contribution >= 0.6 is 0 Å². The van der Waals surface area contributed by atoms with Crippen molar-refractivity contribution < 1.29 is 14.3 Å². The molecule has 194 valence electrons. The van der Waals surface area contributed by atoms with E-state index in [4.69, 9.17) is 4.74 Å². The number of aromatic nitrogens is 2. The molecule has 2 amide bonds. The van der Waals surface area contributed by atoms with Gasteiger partial charge in [0.1, 0.15) is 12.3 Å². The van der Waals surface area contributed by atoms with Crippen molar-refractivity contribution in [3.63, 3.8) is 0 Å². The average molecular weight is 502 g/mol. The molecule has 0 bridgehead atoms. The average Bonchev–Trinajstić information content (AvgIpc) is 2.95. The van der Waals surface area contributed by atoms with Gasteiger partial charge in [0.25, 0.3) is 0 Å². The van der Waals surface area contributed by atoms with Gasteiger partial charge in [-0.1, -0.05) is 44.2 Å². The number of anilines is 1. The standard InChI is InChI=1S/C29H35N5O3/c1-21(2)29(36)34(22(3)23-8-6-5-7-9-23)20-28(35)33-18-16-32(17-19-33)27-15-14-26(30-31-27)24-10-12-25(37-4)13-11-24/h5-15,21-22H,16-20H2,1-4H3/t22-/m0/s1. The number of benzene rings is 2. The Morgan fingerprint density at radius 1 is 0.892 bits per heavy atom. The molecule has 3 aromatic rings. The van der Waals surface area contributed by atoms with E-state index in [1.807, 2.05) is 92.4 Å². The lowest BCUT2D eigenvalue weighted by atomic mass is 10.0. The Balaban J connectivity index is 1.36. The van der Waals surface area contributed by atoms with E-state index in [-0.39, 0.29) is 30.3 Å². The van der Waals surface area contributed by atoms with E-state index in [9.17, 15) is 9.59 Å². The molecule has 2 aromatic carbocycles. The predicted octanol–water partition coefficient (Wildman–Crippen LogP) is 4.05. The van der Waals surface area contributed by atoms with Gasteiger partial charge in [-0.2, -0.15) is 0 Å². The Hall–Kier alpha value is -3.94. The highest BCUT2D eigenvalue weighted by molar-refractivity contribution is 5.86. The normalized spacial score (nSPS) is 14.4. The molecule has 0 saturated carbocycles. The molecule has 0 spiro atoms. The fraction of sp³-hybridized carbons (Fsp3) is 0.379. The van der Waals surface area contributed by atoms with Gasteiger partial charge in [-0.25, -0.2) is 0 Å². The number of rotatable bonds is 8. The molecular formula is C29H35N5O3. The summed E-state index contributed by atoms with van der Waals surface area (Å²) >= 11 is 0. The Kier molecular flexibility index (Phi) is 8.38. The summed E-state index contributed by atoms with van der Waals surface area (Å²) in [6.45, 7) is 8.27. The van der Waals surface area contributed by atoms with Gasteiger partial charge >= 0.3 is 0 Å². The molecule has 1 fully saturated rings. The maximum absolute atomic E-state index is 13.2. The van der Waals surface area contributed by atoms with Crippen LogP contribution in [0.3, 0.4) is 0 Å². The third-order valence-corrected chi connectivity index (χ3v) is 6.82. The number of ether oxygens (including phenoxy) is 1. The Labute approximate surface area is 218 Å². The summed E-state index contributed by atoms with van der Waals surface area (Å²) in [5, 5.41) is 8.83. The summed E-state index contributed by atoms with van der Waals surface area (Å²) in [5.74, 6) is 1.36. The molecule has 1 aliphatic heterocycles. The first-order chi connectivity index (χ1) is 17.9. The molecule has 0 unspecified atom stereocenters. The van der Waals surface area contributed by atoms with Crippen LogP contribution in [-0.4, -0.2) is 71.6 Å². The minimum Gasteiger partial charge on any atom is -0.497 e. The lowest BCUT2D eigenvalue weighted by Crippen LogP contribution is -2.52. The monoisotopic (exact) mass is 501 g/mol. The third kappa shape index (κ3) is 6.25. The topological polar surface area (TPSA) is 78.9 Å². The smallest absolute Gasteiger partial charge is 0.242 e. The first kappa shape index (κ1) is 26.1. The zero-order valence-electron chi connectivity index (χ0n) is 22.0. The lowest BCUT2D eigenvalue weighted by Gasteiger charge is -2.37. The van der Waals surface area contributed by atoms with Gasteiger partial charge in [-0.15, -0.1) is 10.2 Å². The molecule has 1 aromatic heterocycles. The van der Waals surface area contributed by atoms with Gasteiger partial charge in [0, 0.05) is 37.7 Å². The van der Waals surface area contributed by atoms with E-state index in [1.165, 1.54) is 0 Å². The number of piperazine rings is 1. The molecule has 0 N–H and O–H groups in total. The van der Waals surface area contributed by atoms with E-state index in [2.05, 4.69) is 15.1 Å². The van der Waals surface area contributed by atoms with Gasteiger partial charge in [0.05, 0.1) is 18.8 Å². The first-order valence-electron chi connectivity index (χ1n) is 12.7. The van der Waals surface area contributed by atoms with Crippen molar-refractivity contribution in [1.29, 1.82) is 0 Å². The van der Waals surface area contributed by atoms with Gasteiger partial charge in [-0.3, -0.25) is 9.59 Å². The summed E-state index contributed by atoms with van der Waals surface area (Å²) in [5.41, 5.74) is 2.79. The fourth-order valence-electron chi connectivity index (χ4n) is 4.49. The highest BCUT2D eigenvalue weighted by atomic mass is 16.5. The Morgan fingerprint density at radius 3 is 2.14 bits per heavy atom. The summed E-state index contributed by atoms with van der Waals surface area (Å²) < 4.78 is 5.21. The zero-order valence-corrected chi connectivity index (χ0v) is 22.0. The molecule has 37 heavy (non-hydrogen) atoms. The summed E-state index contributed by atoms with van der Waals surface area (Å²) in [6, 6.07) is 21.3. The fourth-order valence-corrected chi connectivity index (χ4v) is 4.49. The molecular weight excluding hydrogens is 466 g/mol. The number of hydrogen-bond donors (Lipinski definition) is 0. The van der Waals surface area contributed by atoms with Crippen molar-refractivity contribution in [3.05, 3.63) is 72.3 Å². The molecule has 4 rings (SSSR count). The second kappa shape index (κ2) is 11.9. The summed E-state index contributed by atoms with van der Waals surface area (Å²) in [4.78, 5) is 31.9. The highest BCUT2D eigenvalue weighted by Crippen LogP contribution is 2.24. The number of carbonyl (C=O) groups excluding carboxylic acids is 2. The van der Waals surface area contributed by atoms with Crippen LogP contribution in [0.5, 0.6) is 5.75 Å². The maximum atomic E-state index is 13.2. The van der Waals surface area contributed by atoms with E-state index in [0.29, 0.717) is 26.2 Å². The van der Waals surface area contributed by atoms with Crippen LogP contribution in [0, 0.1) is 5.92 Å². The van der Waals surface area contributed by atoms with E-state index < -0.39 is 0 Å². The SMILES string of the molecule is COc1ccc(-c2ccc(N3CCN(C(=O)CN(C(=O)C(C)C)[C@@H](C)c4ccccc4)CC3)nn2)cc1. The van der Waals surface area contributed by atoms with Crippen molar-refractivity contribution >= 4 is 17.6 Å². The molecule has 8 nitrogen and oxygen atoms in total. The third-order valence-electron chi connectivity index (χ3n) is 6.82. The van der Waals surface area contributed by atoms with Gasteiger partial charge in [-0.05, 0) is 48.9 Å². The minimum absolute atomic E-state index is 0.0180. The van der Waals surface area contributed by atoms with Crippen LogP contribution in [0.15, 0.2) is 66.7 Å². The molecule has 1 atom stereocenters. The molecule has 8 heteroatoms. The predicted molar refractivity (Wildman–Crippen MR) is 144 cm³/mol. The van der Waals surface area contributed by atoms with Crippen LogP contribution in [-0.2, 0) is 9.59 Å². The summed E-state index contributed by atoms with van der Waals surface area (Å²) in [6.07, 6.45) is 0. The van der Waals surface area contributed by atoms with Gasteiger partial charge in [0.2, 0.25) is 11.8 Å². The lowest BCUT2D eigenvalue weighted by molar-refractivity contribution is -0.144. The van der Waals surface area contributed by atoms with Crippen molar-refractivity contribution in [2.24, 2.45) is 5.92 Å². The number of hydrogen-bond acceptors (Lipinski definition) is 6. The Bertz CT molecular complexity index is 1170. The number of methoxy groups -OCH3 is 1. The number of nitrogens with zero attached hydrogens (tertiary/aromatic N) is 5. The van der Waals surface area contributed by atoms with Crippen molar-refractivity contribution in [1.82, 2.24) is 20.0 Å². The van der Waals surface area contributed by atoms with Crippen LogP contribution < -0.4 is 9.64 Å². The van der Waals surface area contributed by atoms with Crippen molar-refractivity contribution in [2.75, 3.05) is 44.7 Å². The second-order valence-corrected chi connectivity index (χ2v) is 9.58. The molecule has 2 heterocycles. The van der Waals surface area contributed by atoms with Crippen molar-refractivity contribution in [3.8, 4) is 17.0 Å². The van der Waals surface area contributed by atoms with E-state index >= 15 is 0 Å².